The number of benzene rings is 2. The predicted octanol–water partition coefficient (Wildman–Crippen LogP) is 3.80. The summed E-state index contributed by atoms with van der Waals surface area (Å²) in [5, 5.41) is 10.5. The lowest BCUT2D eigenvalue weighted by molar-refractivity contribution is -0.00709. The third kappa shape index (κ3) is 1.88. The highest BCUT2D eigenvalue weighted by Crippen LogP contribution is 2.46. The summed E-state index contributed by atoms with van der Waals surface area (Å²) < 4.78 is 7.31. The first-order chi connectivity index (χ1) is 9.65. The summed E-state index contributed by atoms with van der Waals surface area (Å²) in [6.45, 7) is 0. The van der Waals surface area contributed by atoms with E-state index in [9.17, 15) is 5.11 Å². The number of rotatable bonds is 0. The lowest BCUT2D eigenvalue weighted by Gasteiger charge is -2.38. The van der Waals surface area contributed by atoms with Crippen LogP contribution in [0.25, 0.3) is 0 Å². The maximum absolute atomic E-state index is 10.5. The van der Waals surface area contributed by atoms with E-state index in [1.54, 1.807) is 0 Å². The van der Waals surface area contributed by atoms with Gasteiger partial charge in [0.15, 0.2) is 0 Å². The highest BCUT2D eigenvalue weighted by molar-refractivity contribution is 9.10. The van der Waals surface area contributed by atoms with Crippen LogP contribution in [-0.2, 0) is 12.8 Å². The molecule has 2 aromatic rings. The molecule has 20 heavy (non-hydrogen) atoms. The van der Waals surface area contributed by atoms with Crippen molar-refractivity contribution in [1.29, 1.82) is 0 Å². The van der Waals surface area contributed by atoms with Crippen molar-refractivity contribution in [3.63, 3.8) is 0 Å². The molecule has 1 aliphatic heterocycles. The summed E-state index contributed by atoms with van der Waals surface area (Å²) in [6.07, 6.45) is 1.98. The molecule has 0 aromatic heterocycles. The maximum Gasteiger partial charge on any atom is 0.127 e. The molecular formula is C17H15BrO2. The van der Waals surface area contributed by atoms with E-state index in [2.05, 4.69) is 40.2 Å². The molecular weight excluding hydrogens is 316 g/mol. The van der Waals surface area contributed by atoms with Gasteiger partial charge in [-0.15, -0.1) is 0 Å². The fourth-order valence-corrected chi connectivity index (χ4v) is 3.82. The molecule has 0 saturated heterocycles. The average molecular weight is 331 g/mol. The zero-order valence-corrected chi connectivity index (χ0v) is 12.6. The molecule has 3 heteroatoms. The summed E-state index contributed by atoms with van der Waals surface area (Å²) in [5.74, 6) is 0.811. The Bertz CT molecular complexity index is 655. The number of ether oxygens (including phenoxy) is 1. The minimum Gasteiger partial charge on any atom is -0.486 e. The van der Waals surface area contributed by atoms with Crippen molar-refractivity contribution >= 4 is 15.9 Å². The SMILES string of the molecule is O[C@H]1CC2(Cc3ccccc3C2)Oc2cc(Br)ccc21. The van der Waals surface area contributed by atoms with Crippen molar-refractivity contribution < 1.29 is 9.84 Å². The highest BCUT2D eigenvalue weighted by atomic mass is 79.9. The van der Waals surface area contributed by atoms with Crippen LogP contribution in [0.1, 0.15) is 29.2 Å². The number of aliphatic hydroxyl groups is 1. The molecule has 2 aliphatic rings. The predicted molar refractivity (Wildman–Crippen MR) is 80.9 cm³/mol. The zero-order chi connectivity index (χ0) is 13.7. The molecule has 4 rings (SSSR count). The van der Waals surface area contributed by atoms with Crippen molar-refractivity contribution in [3.05, 3.63) is 63.6 Å². The minimum absolute atomic E-state index is 0.281. The van der Waals surface area contributed by atoms with E-state index in [0.29, 0.717) is 6.42 Å². The summed E-state index contributed by atoms with van der Waals surface area (Å²) in [7, 11) is 0. The van der Waals surface area contributed by atoms with E-state index >= 15 is 0 Å². The Balaban J connectivity index is 1.74. The van der Waals surface area contributed by atoms with E-state index in [-0.39, 0.29) is 5.60 Å². The van der Waals surface area contributed by atoms with Crippen LogP contribution in [0.4, 0.5) is 0 Å². The number of halogens is 1. The van der Waals surface area contributed by atoms with Gasteiger partial charge in [-0.05, 0) is 23.3 Å². The van der Waals surface area contributed by atoms with Gasteiger partial charge in [0.25, 0.3) is 0 Å². The summed E-state index contributed by atoms with van der Waals surface area (Å²) in [5.41, 5.74) is 3.31. The van der Waals surface area contributed by atoms with Gasteiger partial charge in [0.1, 0.15) is 11.4 Å². The molecule has 1 heterocycles. The first kappa shape index (κ1) is 12.4. The number of hydrogen-bond acceptors (Lipinski definition) is 2. The molecule has 2 nitrogen and oxygen atoms in total. The lowest BCUT2D eigenvalue weighted by atomic mass is 9.86. The Labute approximate surface area is 126 Å². The van der Waals surface area contributed by atoms with Gasteiger partial charge in [-0.1, -0.05) is 46.3 Å². The molecule has 0 saturated carbocycles. The molecule has 1 N–H and O–H groups in total. The third-order valence-corrected chi connectivity index (χ3v) is 4.86. The van der Waals surface area contributed by atoms with Crippen LogP contribution >= 0.6 is 15.9 Å². The Kier molecular flexibility index (Phi) is 2.69. The van der Waals surface area contributed by atoms with Crippen molar-refractivity contribution in [2.24, 2.45) is 0 Å². The van der Waals surface area contributed by atoms with E-state index in [0.717, 1.165) is 28.6 Å². The number of fused-ring (bicyclic) bond motifs is 2. The largest absolute Gasteiger partial charge is 0.486 e. The molecule has 1 spiro atoms. The van der Waals surface area contributed by atoms with Gasteiger partial charge >= 0.3 is 0 Å². The van der Waals surface area contributed by atoms with Gasteiger partial charge in [-0.25, -0.2) is 0 Å². The van der Waals surface area contributed by atoms with Crippen LogP contribution in [0.3, 0.4) is 0 Å². The second-order valence-electron chi connectivity index (χ2n) is 5.81. The standard InChI is InChI=1S/C17H15BrO2/c18-13-5-6-14-15(19)10-17(20-16(14)7-13)8-11-3-1-2-4-12(11)9-17/h1-7,15,19H,8-10H2/t15-/m0/s1. The quantitative estimate of drug-likeness (QED) is 0.796. The van der Waals surface area contributed by atoms with Gasteiger partial charge in [0.2, 0.25) is 0 Å². The van der Waals surface area contributed by atoms with Gasteiger partial charge in [-0.3, -0.25) is 0 Å². The molecule has 1 atom stereocenters. The minimum atomic E-state index is -0.443. The molecule has 0 amide bonds. The fraction of sp³-hybridized carbons (Fsp3) is 0.294. The van der Waals surface area contributed by atoms with Crippen molar-refractivity contribution in [3.8, 4) is 5.75 Å². The molecule has 1 aliphatic carbocycles. The molecule has 102 valence electrons. The fourth-order valence-electron chi connectivity index (χ4n) is 3.48. The molecule has 0 bridgehead atoms. The van der Waals surface area contributed by atoms with Gasteiger partial charge in [0, 0.05) is 29.3 Å². The van der Waals surface area contributed by atoms with E-state index < -0.39 is 6.10 Å². The Morgan fingerprint density at radius 2 is 1.80 bits per heavy atom. The lowest BCUT2D eigenvalue weighted by Crippen LogP contribution is -2.42. The van der Waals surface area contributed by atoms with Gasteiger partial charge < -0.3 is 9.84 Å². The van der Waals surface area contributed by atoms with E-state index in [1.807, 2.05) is 18.2 Å². The molecule has 2 aromatic carbocycles. The molecule has 0 fully saturated rings. The third-order valence-electron chi connectivity index (χ3n) is 4.37. The average Bonchev–Trinajstić information content (AvgIpc) is 2.74. The van der Waals surface area contributed by atoms with Crippen LogP contribution < -0.4 is 4.74 Å². The second kappa shape index (κ2) is 4.34. The number of aliphatic hydroxyl groups excluding tert-OH is 1. The summed E-state index contributed by atoms with van der Waals surface area (Å²) in [4.78, 5) is 0. The smallest absolute Gasteiger partial charge is 0.127 e. The summed E-state index contributed by atoms with van der Waals surface area (Å²) in [6, 6.07) is 14.3. The first-order valence-corrected chi connectivity index (χ1v) is 7.68. The van der Waals surface area contributed by atoms with Crippen LogP contribution in [0.2, 0.25) is 0 Å². The Morgan fingerprint density at radius 3 is 2.50 bits per heavy atom. The van der Waals surface area contributed by atoms with Gasteiger partial charge in [-0.2, -0.15) is 0 Å². The second-order valence-corrected chi connectivity index (χ2v) is 6.73. The van der Waals surface area contributed by atoms with Crippen LogP contribution in [0, 0.1) is 0 Å². The van der Waals surface area contributed by atoms with E-state index in [4.69, 9.17) is 4.74 Å². The van der Waals surface area contributed by atoms with Crippen molar-refractivity contribution in [1.82, 2.24) is 0 Å². The molecule has 0 unspecified atom stereocenters. The highest BCUT2D eigenvalue weighted by Gasteiger charge is 2.44. The Hall–Kier alpha value is -1.32. The van der Waals surface area contributed by atoms with Gasteiger partial charge in [0.05, 0.1) is 6.10 Å². The Morgan fingerprint density at radius 1 is 1.10 bits per heavy atom. The van der Waals surface area contributed by atoms with Crippen LogP contribution in [0.5, 0.6) is 5.75 Å². The van der Waals surface area contributed by atoms with Crippen LogP contribution in [-0.4, -0.2) is 10.7 Å². The van der Waals surface area contributed by atoms with Crippen molar-refractivity contribution in [2.75, 3.05) is 0 Å². The summed E-state index contributed by atoms with van der Waals surface area (Å²) >= 11 is 3.47. The normalized spacial score (nSPS) is 22.2. The van der Waals surface area contributed by atoms with Crippen LogP contribution in [0.15, 0.2) is 46.9 Å². The zero-order valence-electron chi connectivity index (χ0n) is 11.0. The number of hydrogen-bond donors (Lipinski definition) is 1. The van der Waals surface area contributed by atoms with E-state index in [1.165, 1.54) is 11.1 Å². The monoisotopic (exact) mass is 330 g/mol. The topological polar surface area (TPSA) is 29.5 Å². The van der Waals surface area contributed by atoms with Crippen molar-refractivity contribution in [2.45, 2.75) is 31.0 Å². The first-order valence-electron chi connectivity index (χ1n) is 6.89. The molecule has 0 radical (unpaired) electrons. The maximum atomic E-state index is 10.5.